The van der Waals surface area contributed by atoms with Crippen molar-refractivity contribution in [3.05, 3.63) is 41.1 Å². The molecule has 1 aromatic carbocycles. The third-order valence-electron chi connectivity index (χ3n) is 4.70. The van der Waals surface area contributed by atoms with Gasteiger partial charge in [-0.15, -0.1) is 0 Å². The summed E-state index contributed by atoms with van der Waals surface area (Å²) >= 11 is 0. The first-order valence-electron chi connectivity index (χ1n) is 9.13. The summed E-state index contributed by atoms with van der Waals surface area (Å²) in [7, 11) is 1.53. The molecule has 1 aliphatic heterocycles. The van der Waals surface area contributed by atoms with Crippen molar-refractivity contribution >= 4 is 12.0 Å². The minimum atomic E-state index is -0.623. The number of ether oxygens (including phenoxy) is 3. The fourth-order valence-corrected chi connectivity index (χ4v) is 3.21. The third-order valence-corrected chi connectivity index (χ3v) is 4.70. The molecular formula is C20H23N3O5. The fraction of sp³-hybridized carbons (Fsp3) is 0.450. The highest BCUT2D eigenvalue weighted by atomic mass is 16.6. The van der Waals surface area contributed by atoms with Crippen LogP contribution in [0.25, 0.3) is 0 Å². The molecule has 3 rings (SSSR count). The van der Waals surface area contributed by atoms with E-state index in [1.807, 2.05) is 6.07 Å². The number of amides is 2. The van der Waals surface area contributed by atoms with Crippen LogP contribution in [0, 0.1) is 11.3 Å². The summed E-state index contributed by atoms with van der Waals surface area (Å²) in [5.41, 5.74) is 1.75. The molecule has 0 saturated heterocycles. The summed E-state index contributed by atoms with van der Waals surface area (Å²) in [5, 5.41) is 11.5. The number of carbonyl (C=O) groups excluding carboxylic acids is 2. The summed E-state index contributed by atoms with van der Waals surface area (Å²) in [6.45, 7) is 2.16. The molecule has 0 radical (unpaired) electrons. The first kappa shape index (κ1) is 19.7. The minimum Gasteiger partial charge on any atom is -0.479 e. The van der Waals surface area contributed by atoms with Crippen molar-refractivity contribution in [2.24, 2.45) is 0 Å². The number of esters is 1. The quantitative estimate of drug-likeness (QED) is 0.544. The van der Waals surface area contributed by atoms with Crippen molar-refractivity contribution in [3.8, 4) is 11.8 Å². The lowest BCUT2D eigenvalue weighted by Gasteiger charge is -2.35. The Balaban J connectivity index is 1.89. The van der Waals surface area contributed by atoms with Crippen LogP contribution < -0.4 is 10.1 Å². The minimum absolute atomic E-state index is 0.0497. The molecule has 1 atom stereocenters. The van der Waals surface area contributed by atoms with Crippen LogP contribution >= 0.6 is 0 Å². The van der Waals surface area contributed by atoms with E-state index in [1.54, 1.807) is 36.1 Å². The van der Waals surface area contributed by atoms with Crippen LogP contribution in [-0.2, 0) is 14.3 Å². The first-order chi connectivity index (χ1) is 13.6. The molecule has 0 spiro atoms. The van der Waals surface area contributed by atoms with Crippen LogP contribution in [0.3, 0.4) is 0 Å². The maximum absolute atomic E-state index is 12.8. The number of methoxy groups -OCH3 is 1. The highest BCUT2D eigenvalue weighted by molar-refractivity contribution is 5.95. The number of urea groups is 1. The first-order valence-corrected chi connectivity index (χ1v) is 9.13. The van der Waals surface area contributed by atoms with E-state index in [0.29, 0.717) is 23.6 Å². The lowest BCUT2D eigenvalue weighted by molar-refractivity contribution is -0.140. The Labute approximate surface area is 163 Å². The lowest BCUT2D eigenvalue weighted by atomic mass is 9.94. The number of hydrogen-bond donors (Lipinski definition) is 1. The number of hydrogen-bond acceptors (Lipinski definition) is 6. The second-order valence-electron chi connectivity index (χ2n) is 6.63. The zero-order chi connectivity index (χ0) is 20.1. The number of nitriles is 1. The van der Waals surface area contributed by atoms with Gasteiger partial charge in [-0.2, -0.15) is 5.26 Å². The Bertz CT molecular complexity index is 808. The van der Waals surface area contributed by atoms with Crippen molar-refractivity contribution in [1.82, 2.24) is 10.2 Å². The van der Waals surface area contributed by atoms with Crippen molar-refractivity contribution in [2.75, 3.05) is 26.9 Å². The summed E-state index contributed by atoms with van der Waals surface area (Å²) in [4.78, 5) is 27.1. The van der Waals surface area contributed by atoms with E-state index in [4.69, 9.17) is 19.5 Å². The van der Waals surface area contributed by atoms with Crippen LogP contribution in [-0.4, -0.2) is 49.9 Å². The molecule has 1 saturated carbocycles. The molecule has 28 heavy (non-hydrogen) atoms. The molecule has 8 nitrogen and oxygen atoms in total. The molecule has 1 heterocycles. The molecule has 0 unspecified atom stereocenters. The summed E-state index contributed by atoms with van der Waals surface area (Å²) in [6, 6.07) is 8.13. The predicted molar refractivity (Wildman–Crippen MR) is 99.2 cm³/mol. The molecule has 0 bridgehead atoms. The van der Waals surface area contributed by atoms with E-state index in [1.165, 1.54) is 7.11 Å². The summed E-state index contributed by atoms with van der Waals surface area (Å²) in [5.74, 6) is 0.0620. The van der Waals surface area contributed by atoms with Gasteiger partial charge in [0.25, 0.3) is 0 Å². The molecule has 148 valence electrons. The monoisotopic (exact) mass is 385 g/mol. The second kappa shape index (κ2) is 8.76. The van der Waals surface area contributed by atoms with Gasteiger partial charge in [0.2, 0.25) is 0 Å². The van der Waals surface area contributed by atoms with E-state index in [2.05, 4.69) is 5.32 Å². The molecule has 1 aliphatic carbocycles. The fourth-order valence-electron chi connectivity index (χ4n) is 3.21. The van der Waals surface area contributed by atoms with Gasteiger partial charge in [-0.25, -0.2) is 9.59 Å². The molecule has 1 fully saturated rings. The highest BCUT2D eigenvalue weighted by Gasteiger charge is 2.42. The molecule has 1 N–H and O–H groups in total. The van der Waals surface area contributed by atoms with Crippen LogP contribution in [0.2, 0.25) is 0 Å². The van der Waals surface area contributed by atoms with Gasteiger partial charge in [0, 0.05) is 18.8 Å². The van der Waals surface area contributed by atoms with E-state index in [-0.39, 0.29) is 25.3 Å². The topological polar surface area (TPSA) is 101 Å². The smallest absolute Gasteiger partial charge is 0.338 e. The Morgan fingerprint density at radius 1 is 1.29 bits per heavy atom. The second-order valence-corrected chi connectivity index (χ2v) is 6.63. The number of nitrogens with zero attached hydrogens (tertiary/aromatic N) is 2. The van der Waals surface area contributed by atoms with Gasteiger partial charge in [-0.1, -0.05) is 12.1 Å². The Hall–Kier alpha value is -3.05. The van der Waals surface area contributed by atoms with Gasteiger partial charge >= 0.3 is 12.0 Å². The number of allylic oxidation sites excluding steroid dienone is 1. The SMILES string of the molecule is COCCOC(=O)C1=C(C)N(C2CC2)C(=O)N[C@@H]1c1ccc(OCC#N)cc1. The number of benzene rings is 1. The molecule has 8 heteroatoms. The van der Waals surface area contributed by atoms with Gasteiger partial charge < -0.3 is 19.5 Å². The van der Waals surface area contributed by atoms with Gasteiger partial charge in [0.05, 0.1) is 18.2 Å². The Kier molecular flexibility index (Phi) is 6.16. The zero-order valence-corrected chi connectivity index (χ0v) is 15.9. The third kappa shape index (κ3) is 4.26. The highest BCUT2D eigenvalue weighted by Crippen LogP contribution is 2.38. The van der Waals surface area contributed by atoms with Crippen LogP contribution in [0.5, 0.6) is 5.75 Å². The zero-order valence-electron chi connectivity index (χ0n) is 15.9. The largest absolute Gasteiger partial charge is 0.479 e. The van der Waals surface area contributed by atoms with Gasteiger partial charge in [-0.3, -0.25) is 4.90 Å². The van der Waals surface area contributed by atoms with E-state index in [9.17, 15) is 9.59 Å². The molecular weight excluding hydrogens is 362 g/mol. The molecule has 2 amide bonds. The number of nitrogens with one attached hydrogen (secondary N) is 1. The van der Waals surface area contributed by atoms with Crippen molar-refractivity contribution in [1.29, 1.82) is 5.26 Å². The Morgan fingerprint density at radius 3 is 2.61 bits per heavy atom. The van der Waals surface area contributed by atoms with Crippen molar-refractivity contribution in [2.45, 2.75) is 31.8 Å². The number of rotatable bonds is 8. The maximum Gasteiger partial charge on any atom is 0.338 e. The molecule has 1 aromatic rings. The Morgan fingerprint density at radius 2 is 2.00 bits per heavy atom. The van der Waals surface area contributed by atoms with E-state index < -0.39 is 12.0 Å². The molecule has 2 aliphatic rings. The summed E-state index contributed by atoms with van der Waals surface area (Å²) < 4.78 is 15.5. The van der Waals surface area contributed by atoms with Gasteiger partial charge in [0.15, 0.2) is 6.61 Å². The summed E-state index contributed by atoms with van der Waals surface area (Å²) in [6.07, 6.45) is 1.85. The standard InChI is InChI=1S/C20H23N3O5/c1-13-17(19(24)28-12-11-26-2)18(22-20(25)23(13)15-5-6-15)14-3-7-16(8-4-14)27-10-9-21/h3-4,7-8,15,18H,5-6,10-12H2,1-2H3,(H,22,25)/t18-/m1/s1. The normalized spacial score (nSPS) is 19.1. The van der Waals surface area contributed by atoms with Crippen molar-refractivity contribution < 1.29 is 23.8 Å². The predicted octanol–water partition coefficient (Wildman–Crippen LogP) is 2.28. The van der Waals surface area contributed by atoms with Crippen molar-refractivity contribution in [3.63, 3.8) is 0 Å². The average Bonchev–Trinajstić information content (AvgIpc) is 3.51. The van der Waals surface area contributed by atoms with E-state index in [0.717, 1.165) is 18.4 Å². The molecule has 0 aromatic heterocycles. The van der Waals surface area contributed by atoms with E-state index >= 15 is 0 Å². The van der Waals surface area contributed by atoms with Gasteiger partial charge in [0.1, 0.15) is 18.4 Å². The lowest BCUT2D eigenvalue weighted by Crippen LogP contribution is -2.48. The van der Waals surface area contributed by atoms with Crippen LogP contribution in [0.1, 0.15) is 31.4 Å². The maximum atomic E-state index is 12.8. The van der Waals surface area contributed by atoms with Crippen LogP contribution in [0.4, 0.5) is 4.79 Å². The van der Waals surface area contributed by atoms with Crippen LogP contribution in [0.15, 0.2) is 35.5 Å². The van der Waals surface area contributed by atoms with Gasteiger partial charge in [-0.05, 0) is 37.5 Å². The number of carbonyl (C=O) groups is 2. The average molecular weight is 385 g/mol.